The zero-order chi connectivity index (χ0) is 12.8. The Hall–Kier alpha value is -0.820. The summed E-state index contributed by atoms with van der Waals surface area (Å²) >= 11 is 0. The first kappa shape index (κ1) is 14.2. The molecule has 1 aromatic carbocycles. The Balaban J connectivity index is 2.81. The highest BCUT2D eigenvalue weighted by Crippen LogP contribution is 2.24. The molecule has 1 heteroatoms. The van der Waals surface area contributed by atoms with Gasteiger partial charge in [-0.25, -0.2) is 0 Å². The van der Waals surface area contributed by atoms with Crippen molar-refractivity contribution in [2.75, 3.05) is 6.54 Å². The minimum atomic E-state index is 0.517. The van der Waals surface area contributed by atoms with Crippen molar-refractivity contribution in [2.45, 2.75) is 53.5 Å². The number of hydrogen-bond acceptors (Lipinski definition) is 1. The Morgan fingerprint density at radius 1 is 1.12 bits per heavy atom. The van der Waals surface area contributed by atoms with E-state index in [-0.39, 0.29) is 0 Å². The highest BCUT2D eigenvalue weighted by molar-refractivity contribution is 5.32. The molecule has 0 fully saturated rings. The molecular weight excluding hydrogens is 206 g/mol. The minimum Gasteiger partial charge on any atom is -0.310 e. The highest BCUT2D eigenvalue weighted by atomic mass is 14.9. The highest BCUT2D eigenvalue weighted by Gasteiger charge is 2.13. The summed E-state index contributed by atoms with van der Waals surface area (Å²) in [6.45, 7) is 12.2. The van der Waals surface area contributed by atoms with Gasteiger partial charge in [0, 0.05) is 6.04 Å². The molecule has 0 bridgehead atoms. The third-order valence-electron chi connectivity index (χ3n) is 3.28. The number of benzene rings is 1. The van der Waals surface area contributed by atoms with Crippen molar-refractivity contribution in [1.29, 1.82) is 0 Å². The van der Waals surface area contributed by atoms with Crippen LogP contribution < -0.4 is 5.32 Å². The number of aryl methyl sites for hydroxylation is 2. The molecule has 0 saturated carbocycles. The molecule has 0 saturated heterocycles. The van der Waals surface area contributed by atoms with Crippen LogP contribution in [-0.2, 0) is 0 Å². The summed E-state index contributed by atoms with van der Waals surface area (Å²) in [6, 6.07) is 7.32. The first-order valence-electron chi connectivity index (χ1n) is 6.85. The molecule has 0 heterocycles. The number of nitrogens with one attached hydrogen (secondary N) is 1. The van der Waals surface area contributed by atoms with Crippen LogP contribution in [0.5, 0.6) is 0 Å². The molecule has 1 N–H and O–H groups in total. The van der Waals surface area contributed by atoms with E-state index in [1.807, 2.05) is 0 Å². The molecule has 1 atom stereocenters. The van der Waals surface area contributed by atoms with Crippen molar-refractivity contribution in [1.82, 2.24) is 5.32 Å². The van der Waals surface area contributed by atoms with Crippen LogP contribution in [0.15, 0.2) is 18.2 Å². The van der Waals surface area contributed by atoms with E-state index >= 15 is 0 Å². The summed E-state index contributed by atoms with van der Waals surface area (Å²) in [5.41, 5.74) is 4.24. The molecule has 1 nitrogen and oxygen atoms in total. The largest absolute Gasteiger partial charge is 0.310 e. The van der Waals surface area contributed by atoms with Crippen LogP contribution in [0.2, 0.25) is 0 Å². The molecule has 96 valence electrons. The van der Waals surface area contributed by atoms with Crippen LogP contribution in [0.1, 0.15) is 56.3 Å². The molecule has 0 aliphatic heterocycles. The maximum absolute atomic E-state index is 3.61. The predicted octanol–water partition coefficient (Wildman–Crippen LogP) is 4.39. The van der Waals surface area contributed by atoms with Crippen LogP contribution in [0.25, 0.3) is 0 Å². The van der Waals surface area contributed by atoms with Gasteiger partial charge in [-0.3, -0.25) is 0 Å². The summed E-state index contributed by atoms with van der Waals surface area (Å²) in [7, 11) is 0. The number of hydrogen-bond donors (Lipinski definition) is 1. The van der Waals surface area contributed by atoms with E-state index < -0.39 is 0 Å². The zero-order valence-electron chi connectivity index (χ0n) is 12.0. The van der Waals surface area contributed by atoms with E-state index in [4.69, 9.17) is 0 Å². The van der Waals surface area contributed by atoms with E-state index in [9.17, 15) is 0 Å². The molecule has 0 amide bonds. The van der Waals surface area contributed by atoms with Crippen LogP contribution in [-0.4, -0.2) is 6.54 Å². The van der Waals surface area contributed by atoms with E-state index in [2.05, 4.69) is 58.1 Å². The van der Waals surface area contributed by atoms with Gasteiger partial charge in [-0.2, -0.15) is 0 Å². The first-order valence-corrected chi connectivity index (χ1v) is 6.85. The van der Waals surface area contributed by atoms with Gasteiger partial charge in [-0.15, -0.1) is 0 Å². The second-order valence-corrected chi connectivity index (χ2v) is 5.44. The quantitative estimate of drug-likeness (QED) is 0.768. The van der Waals surface area contributed by atoms with Gasteiger partial charge >= 0.3 is 0 Å². The van der Waals surface area contributed by atoms with Crippen molar-refractivity contribution in [3.63, 3.8) is 0 Å². The molecular formula is C16H27N. The van der Waals surface area contributed by atoms with Gasteiger partial charge in [0.2, 0.25) is 0 Å². The standard InChI is InChI=1S/C16H27N/c1-6-17-16(10-7-12(2)3)15-9-8-13(4)11-14(15)5/h8-9,11-12,16-17H,6-7,10H2,1-5H3. The first-order chi connectivity index (χ1) is 8.04. The van der Waals surface area contributed by atoms with Gasteiger partial charge in [0.05, 0.1) is 0 Å². The second kappa shape index (κ2) is 6.80. The summed E-state index contributed by atoms with van der Waals surface area (Å²) in [5, 5.41) is 3.61. The van der Waals surface area contributed by atoms with Gasteiger partial charge in [-0.1, -0.05) is 44.5 Å². The lowest BCUT2D eigenvalue weighted by Gasteiger charge is -2.21. The van der Waals surface area contributed by atoms with Crippen molar-refractivity contribution >= 4 is 0 Å². The van der Waals surface area contributed by atoms with Crippen LogP contribution in [0, 0.1) is 19.8 Å². The summed E-state index contributed by atoms with van der Waals surface area (Å²) < 4.78 is 0. The third-order valence-corrected chi connectivity index (χ3v) is 3.28. The molecule has 0 radical (unpaired) electrons. The van der Waals surface area contributed by atoms with E-state index in [1.165, 1.54) is 29.5 Å². The fourth-order valence-electron chi connectivity index (χ4n) is 2.33. The summed E-state index contributed by atoms with van der Waals surface area (Å²) in [5.74, 6) is 0.780. The lowest BCUT2D eigenvalue weighted by Crippen LogP contribution is -2.22. The third kappa shape index (κ3) is 4.51. The van der Waals surface area contributed by atoms with Gasteiger partial charge in [0.1, 0.15) is 0 Å². The number of rotatable bonds is 6. The average molecular weight is 233 g/mol. The van der Waals surface area contributed by atoms with Crippen molar-refractivity contribution < 1.29 is 0 Å². The maximum atomic E-state index is 3.61. The van der Waals surface area contributed by atoms with Crippen molar-refractivity contribution in [2.24, 2.45) is 5.92 Å². The van der Waals surface area contributed by atoms with Gasteiger partial charge in [0.15, 0.2) is 0 Å². The molecule has 1 aromatic rings. The summed E-state index contributed by atoms with van der Waals surface area (Å²) in [4.78, 5) is 0. The topological polar surface area (TPSA) is 12.0 Å². The van der Waals surface area contributed by atoms with Crippen molar-refractivity contribution in [3.8, 4) is 0 Å². The van der Waals surface area contributed by atoms with Crippen LogP contribution >= 0.6 is 0 Å². The van der Waals surface area contributed by atoms with E-state index in [0.717, 1.165) is 12.5 Å². The molecule has 0 aliphatic rings. The Morgan fingerprint density at radius 2 is 1.82 bits per heavy atom. The molecule has 1 unspecified atom stereocenters. The normalized spacial score (nSPS) is 13.1. The van der Waals surface area contributed by atoms with E-state index in [1.54, 1.807) is 0 Å². The molecule has 0 aliphatic carbocycles. The Kier molecular flexibility index (Phi) is 5.70. The lowest BCUT2D eigenvalue weighted by molar-refractivity contribution is 0.447. The van der Waals surface area contributed by atoms with Gasteiger partial charge < -0.3 is 5.32 Å². The fourth-order valence-corrected chi connectivity index (χ4v) is 2.33. The monoisotopic (exact) mass is 233 g/mol. The second-order valence-electron chi connectivity index (χ2n) is 5.44. The lowest BCUT2D eigenvalue weighted by atomic mass is 9.93. The molecule has 17 heavy (non-hydrogen) atoms. The Morgan fingerprint density at radius 3 is 2.35 bits per heavy atom. The smallest absolute Gasteiger partial charge is 0.0322 e. The predicted molar refractivity (Wildman–Crippen MR) is 76.4 cm³/mol. The summed E-state index contributed by atoms with van der Waals surface area (Å²) in [6.07, 6.45) is 2.51. The fraction of sp³-hybridized carbons (Fsp3) is 0.625. The molecule has 1 rings (SSSR count). The molecule has 0 spiro atoms. The van der Waals surface area contributed by atoms with E-state index in [0.29, 0.717) is 6.04 Å². The van der Waals surface area contributed by atoms with Gasteiger partial charge in [0.25, 0.3) is 0 Å². The minimum absolute atomic E-state index is 0.517. The average Bonchev–Trinajstić information content (AvgIpc) is 2.24. The zero-order valence-corrected chi connectivity index (χ0v) is 12.0. The Labute approximate surface area is 107 Å². The SMILES string of the molecule is CCNC(CCC(C)C)c1ccc(C)cc1C. The van der Waals surface area contributed by atoms with Gasteiger partial charge in [-0.05, 0) is 50.3 Å². The molecule has 0 aromatic heterocycles. The Bertz CT molecular complexity index is 341. The van der Waals surface area contributed by atoms with Crippen LogP contribution in [0.4, 0.5) is 0 Å². The maximum Gasteiger partial charge on any atom is 0.0322 e. The van der Waals surface area contributed by atoms with Crippen LogP contribution in [0.3, 0.4) is 0 Å². The van der Waals surface area contributed by atoms with Crippen molar-refractivity contribution in [3.05, 3.63) is 34.9 Å².